The monoisotopic (exact) mass is 591 g/mol. The Morgan fingerprint density at radius 1 is 1.06 bits per heavy atom. The second-order valence-electron chi connectivity index (χ2n) is 6.79. The zero-order valence-electron chi connectivity index (χ0n) is 18.1. The van der Waals surface area contributed by atoms with Gasteiger partial charge < -0.3 is 14.2 Å². The summed E-state index contributed by atoms with van der Waals surface area (Å²) in [7, 11) is 2.99. The number of carbonyl (C=O) groups is 1. The van der Waals surface area contributed by atoms with Crippen LogP contribution >= 0.6 is 31.9 Å². The van der Waals surface area contributed by atoms with Crippen LogP contribution < -0.4 is 19.6 Å². The number of non-ortho nitro benzene ring substituents is 1. The van der Waals surface area contributed by atoms with Crippen LogP contribution in [0.2, 0.25) is 0 Å². The lowest BCUT2D eigenvalue weighted by atomic mass is 10.2. The Bertz CT molecular complexity index is 1230. The number of nitrogens with one attached hydrogen (secondary N) is 1. The number of amides is 1. The van der Waals surface area contributed by atoms with Crippen molar-refractivity contribution in [3.63, 3.8) is 0 Å². The lowest BCUT2D eigenvalue weighted by Gasteiger charge is -2.13. The maximum atomic E-state index is 12.5. The van der Waals surface area contributed by atoms with Gasteiger partial charge in [-0.25, -0.2) is 5.43 Å². The molecule has 3 aromatic rings. The van der Waals surface area contributed by atoms with Gasteiger partial charge in [0.1, 0.15) is 12.4 Å². The fourth-order valence-electron chi connectivity index (χ4n) is 2.91. The van der Waals surface area contributed by atoms with Crippen molar-refractivity contribution in [3.05, 3.63) is 90.3 Å². The fourth-order valence-corrected chi connectivity index (χ4v) is 3.84. The van der Waals surface area contributed by atoms with Crippen molar-refractivity contribution in [1.29, 1.82) is 0 Å². The van der Waals surface area contributed by atoms with Crippen molar-refractivity contribution in [3.8, 4) is 17.2 Å². The molecule has 11 heteroatoms. The van der Waals surface area contributed by atoms with Crippen LogP contribution in [-0.4, -0.2) is 31.3 Å². The number of halogens is 2. The topological polar surface area (TPSA) is 112 Å². The average molecular weight is 593 g/mol. The Morgan fingerprint density at radius 3 is 2.41 bits per heavy atom. The third-order valence-corrected chi connectivity index (χ3v) is 5.65. The number of benzene rings is 3. The number of nitro benzene ring substituents is 1. The minimum absolute atomic E-state index is 0.0107. The second kappa shape index (κ2) is 11.6. The van der Waals surface area contributed by atoms with E-state index < -0.39 is 10.8 Å². The molecule has 1 amide bonds. The third kappa shape index (κ3) is 6.33. The van der Waals surface area contributed by atoms with Crippen molar-refractivity contribution in [2.75, 3.05) is 14.2 Å². The number of ether oxygens (including phenoxy) is 3. The Morgan fingerprint density at radius 2 is 1.76 bits per heavy atom. The highest BCUT2D eigenvalue weighted by molar-refractivity contribution is 9.10. The molecule has 0 bridgehead atoms. The Balaban J connectivity index is 1.70. The van der Waals surface area contributed by atoms with Gasteiger partial charge in [-0.2, -0.15) is 5.10 Å². The fraction of sp³-hybridized carbons (Fsp3) is 0.130. The van der Waals surface area contributed by atoms with Gasteiger partial charge in [-0.1, -0.05) is 15.9 Å². The van der Waals surface area contributed by atoms with E-state index in [1.807, 2.05) is 0 Å². The summed E-state index contributed by atoms with van der Waals surface area (Å²) in [6.07, 6.45) is 1.47. The summed E-state index contributed by atoms with van der Waals surface area (Å²) < 4.78 is 17.9. The van der Waals surface area contributed by atoms with Crippen LogP contribution in [0, 0.1) is 10.1 Å². The summed E-state index contributed by atoms with van der Waals surface area (Å²) in [4.78, 5) is 22.8. The van der Waals surface area contributed by atoms with Crippen LogP contribution in [0.5, 0.6) is 17.2 Å². The van der Waals surface area contributed by atoms with Gasteiger partial charge in [-0.3, -0.25) is 14.9 Å². The number of rotatable bonds is 9. The molecule has 0 saturated heterocycles. The average Bonchev–Trinajstić information content (AvgIpc) is 2.83. The first-order valence-electron chi connectivity index (χ1n) is 9.73. The van der Waals surface area contributed by atoms with Crippen LogP contribution in [-0.2, 0) is 6.61 Å². The summed E-state index contributed by atoms with van der Waals surface area (Å²) >= 11 is 6.80. The van der Waals surface area contributed by atoms with E-state index in [2.05, 4.69) is 42.4 Å². The minimum atomic E-state index is -0.456. The van der Waals surface area contributed by atoms with Crippen LogP contribution in [0.15, 0.2) is 68.6 Å². The van der Waals surface area contributed by atoms with E-state index in [4.69, 9.17) is 14.2 Å². The number of methoxy groups -OCH3 is 2. The first-order valence-corrected chi connectivity index (χ1v) is 11.3. The number of hydrogen-bond donors (Lipinski definition) is 1. The van der Waals surface area contributed by atoms with Gasteiger partial charge in [-0.15, -0.1) is 0 Å². The predicted molar refractivity (Wildman–Crippen MR) is 134 cm³/mol. The first kappa shape index (κ1) is 25.2. The molecular formula is C23H19Br2N3O6. The Labute approximate surface area is 212 Å². The SMILES string of the molecule is COc1ccc(Br)cc1C(=O)N/N=C\c1cc(Br)c(OCc2ccc([N+](=O)[O-])cc2)c(OC)c1. The molecular weight excluding hydrogens is 574 g/mol. The summed E-state index contributed by atoms with van der Waals surface area (Å²) in [5.41, 5.74) is 4.23. The van der Waals surface area contributed by atoms with E-state index in [-0.39, 0.29) is 12.3 Å². The molecule has 3 aromatic carbocycles. The highest BCUT2D eigenvalue weighted by atomic mass is 79.9. The van der Waals surface area contributed by atoms with Crippen molar-refractivity contribution in [2.24, 2.45) is 5.10 Å². The number of hydrazone groups is 1. The summed E-state index contributed by atoms with van der Waals surface area (Å²) in [6.45, 7) is 0.185. The molecule has 9 nitrogen and oxygen atoms in total. The summed E-state index contributed by atoms with van der Waals surface area (Å²) in [5.74, 6) is 0.900. The maximum absolute atomic E-state index is 12.5. The van der Waals surface area contributed by atoms with Crippen LogP contribution in [0.25, 0.3) is 0 Å². The van der Waals surface area contributed by atoms with Crippen molar-refractivity contribution < 1.29 is 23.9 Å². The van der Waals surface area contributed by atoms with E-state index in [9.17, 15) is 14.9 Å². The van der Waals surface area contributed by atoms with Gasteiger partial charge in [0.25, 0.3) is 11.6 Å². The standard InChI is InChI=1S/C23H19Br2N3O6/c1-32-20-8-5-16(24)11-18(20)23(29)27-26-12-15-9-19(25)22(21(10-15)33-2)34-13-14-3-6-17(7-4-14)28(30)31/h3-12H,13H2,1-2H3,(H,27,29)/b26-12-. The van der Waals surface area contributed by atoms with Crippen molar-refractivity contribution >= 4 is 49.7 Å². The molecule has 1 N–H and O–H groups in total. The highest BCUT2D eigenvalue weighted by Gasteiger charge is 2.14. The lowest BCUT2D eigenvalue weighted by molar-refractivity contribution is -0.384. The number of carbonyl (C=O) groups excluding carboxylic acids is 1. The second-order valence-corrected chi connectivity index (χ2v) is 8.56. The quantitative estimate of drug-likeness (QED) is 0.200. The van der Waals surface area contributed by atoms with Crippen molar-refractivity contribution in [1.82, 2.24) is 5.43 Å². The van der Waals surface area contributed by atoms with Gasteiger partial charge in [0.05, 0.1) is 35.4 Å². The first-order chi connectivity index (χ1) is 16.3. The predicted octanol–water partition coefficient (Wildman–Crippen LogP) is 5.48. The molecule has 0 aromatic heterocycles. The molecule has 0 aliphatic rings. The summed E-state index contributed by atoms with van der Waals surface area (Å²) in [5, 5.41) is 14.8. The molecule has 0 saturated carbocycles. The molecule has 0 unspecified atom stereocenters. The highest BCUT2D eigenvalue weighted by Crippen LogP contribution is 2.37. The molecule has 0 aliphatic carbocycles. The van der Waals surface area contributed by atoms with Crippen LogP contribution in [0.1, 0.15) is 21.5 Å². The Kier molecular flexibility index (Phi) is 8.61. The molecule has 34 heavy (non-hydrogen) atoms. The van der Waals surface area contributed by atoms with E-state index in [1.165, 1.54) is 32.6 Å². The number of hydrogen-bond acceptors (Lipinski definition) is 7. The largest absolute Gasteiger partial charge is 0.496 e. The van der Waals surface area contributed by atoms with Gasteiger partial charge in [0.2, 0.25) is 0 Å². The molecule has 0 spiro atoms. The van der Waals surface area contributed by atoms with Crippen LogP contribution in [0.3, 0.4) is 0 Å². The van der Waals surface area contributed by atoms with E-state index in [0.29, 0.717) is 32.8 Å². The number of nitro groups is 1. The lowest BCUT2D eigenvalue weighted by Crippen LogP contribution is -2.18. The third-order valence-electron chi connectivity index (χ3n) is 4.57. The zero-order valence-corrected chi connectivity index (χ0v) is 21.3. The van der Waals surface area contributed by atoms with Gasteiger partial charge >= 0.3 is 0 Å². The van der Waals surface area contributed by atoms with E-state index in [1.54, 1.807) is 42.5 Å². The molecule has 176 valence electrons. The zero-order chi connectivity index (χ0) is 24.7. The molecule has 0 radical (unpaired) electrons. The van der Waals surface area contributed by atoms with E-state index in [0.717, 1.165) is 10.0 Å². The molecule has 0 fully saturated rings. The molecule has 0 heterocycles. The smallest absolute Gasteiger partial charge is 0.275 e. The van der Waals surface area contributed by atoms with Gasteiger partial charge in [0.15, 0.2) is 11.5 Å². The summed E-state index contributed by atoms with van der Waals surface area (Å²) in [6, 6.07) is 14.6. The number of nitrogens with zero attached hydrogens (tertiary/aromatic N) is 2. The minimum Gasteiger partial charge on any atom is -0.496 e. The molecule has 0 aliphatic heterocycles. The molecule has 0 atom stereocenters. The normalized spacial score (nSPS) is 10.7. The Hall–Kier alpha value is -3.44. The van der Waals surface area contributed by atoms with Crippen molar-refractivity contribution in [2.45, 2.75) is 6.61 Å². The van der Waals surface area contributed by atoms with E-state index >= 15 is 0 Å². The van der Waals surface area contributed by atoms with Gasteiger partial charge in [0, 0.05) is 16.6 Å². The maximum Gasteiger partial charge on any atom is 0.275 e. The van der Waals surface area contributed by atoms with Gasteiger partial charge in [-0.05, 0) is 69.5 Å². The van der Waals surface area contributed by atoms with Crippen LogP contribution in [0.4, 0.5) is 5.69 Å². The molecule has 3 rings (SSSR count).